The van der Waals surface area contributed by atoms with E-state index >= 15 is 0 Å². The lowest BCUT2D eigenvalue weighted by Crippen LogP contribution is -2.69. The third-order valence-electron chi connectivity index (χ3n) is 13.5. The lowest BCUT2D eigenvalue weighted by molar-refractivity contribution is -0.405. The molecular formula is C40H68O30. The van der Waals surface area contributed by atoms with E-state index in [2.05, 4.69) is 0 Å². The van der Waals surface area contributed by atoms with Crippen LogP contribution in [0.2, 0.25) is 0 Å². The first kappa shape index (κ1) is 56.5. The van der Waals surface area contributed by atoms with Crippen molar-refractivity contribution in [2.75, 3.05) is 60.5 Å². The van der Waals surface area contributed by atoms with E-state index in [-0.39, 0.29) is 6.61 Å². The molecule has 22 aliphatic heterocycles. The zero-order valence-electron chi connectivity index (χ0n) is 38.1. The van der Waals surface area contributed by atoms with Gasteiger partial charge in [-0.2, -0.15) is 0 Å². The topological polar surface area (TPSA) is 442 Å². The van der Waals surface area contributed by atoms with Crippen LogP contribution in [-0.4, -0.2) is 321 Å². The van der Waals surface area contributed by atoms with Gasteiger partial charge in [0.25, 0.3) is 0 Å². The van der Waals surface area contributed by atoms with Gasteiger partial charge in [-0.3, -0.25) is 0 Å². The van der Waals surface area contributed by atoms with Crippen LogP contribution in [-0.2, 0) is 71.1 Å². The number of aliphatic hydroxyl groups is 15. The molecule has 22 aliphatic rings. The summed E-state index contributed by atoms with van der Waals surface area (Å²) in [6.07, 6.45) is -52.8. The molecule has 70 heavy (non-hydrogen) atoms. The van der Waals surface area contributed by atoms with Gasteiger partial charge in [0, 0.05) is 20.8 Å². The fourth-order valence-corrected chi connectivity index (χ4v) is 9.81. The minimum atomic E-state index is -2.11. The molecule has 0 unspecified atom stereocenters. The quantitative estimate of drug-likeness (QED) is 0.0966. The minimum absolute atomic E-state index is 0.0793. The molecule has 0 saturated carbocycles. The Labute approximate surface area is 399 Å². The Hall–Kier alpha value is -1.20. The van der Waals surface area contributed by atoms with E-state index in [0.717, 1.165) is 14.2 Å². The summed E-state index contributed by atoms with van der Waals surface area (Å²) >= 11 is 0. The van der Waals surface area contributed by atoms with Gasteiger partial charge in [0.05, 0.1) is 39.6 Å². The van der Waals surface area contributed by atoms with E-state index in [9.17, 15) is 76.6 Å². The minimum Gasteiger partial charge on any atom is -0.394 e. The highest BCUT2D eigenvalue weighted by Gasteiger charge is 2.59. The van der Waals surface area contributed by atoms with Crippen molar-refractivity contribution in [3.63, 3.8) is 0 Å². The van der Waals surface area contributed by atoms with E-state index in [1.807, 2.05) is 0 Å². The summed E-state index contributed by atoms with van der Waals surface area (Å²) in [5.74, 6) is 0. The fraction of sp³-hybridized carbons (Fsp3) is 1.00. The smallest absolute Gasteiger partial charge is 0.187 e. The van der Waals surface area contributed by atoms with Gasteiger partial charge in [-0.1, -0.05) is 0 Å². The standard InChI is InChI=1S/C40H68O30/c1-4-58-34-25(55)40-64-16(10-46)31(34)70-39-24(54)33(57-3)29(14(8-44)63-39)68-37-22(52)19(49)27(12(6-42)61-37)66-35-20(50)17(47)26(11(5-41)59-35)65-36-21(51)18(48)28(13(7-43)60-36)67-38-23(53)32(56-2)30(69-40)15(9-45)62-38/h11-55H,4-10H2,1-3H3/t11-,12-,13-,14-,15-,16-,17-,18-,19-,20-,21-,22-,23-,24-,25-,26-,27-,28-,29+,30+,31+,32-,33-,34-,35-,36-,37-,38-,39-,40-/m1/s1. The largest absolute Gasteiger partial charge is 0.394 e. The van der Waals surface area contributed by atoms with Crippen LogP contribution in [0.1, 0.15) is 6.92 Å². The number of rotatable bonds is 10. The summed E-state index contributed by atoms with van der Waals surface area (Å²) in [4.78, 5) is 0. The molecule has 12 bridgehead atoms. The van der Waals surface area contributed by atoms with Crippen molar-refractivity contribution < 1.29 is 148 Å². The molecule has 30 nitrogen and oxygen atoms in total. The Morgan fingerprint density at radius 2 is 0.500 bits per heavy atom. The number of methoxy groups -OCH3 is 2. The zero-order valence-corrected chi connectivity index (χ0v) is 38.1. The first-order valence-electron chi connectivity index (χ1n) is 22.8. The van der Waals surface area contributed by atoms with Crippen molar-refractivity contribution in [1.82, 2.24) is 0 Å². The molecule has 30 heteroatoms. The van der Waals surface area contributed by atoms with Crippen molar-refractivity contribution in [3.8, 4) is 0 Å². The molecular weight excluding hydrogens is 960 g/mol. The molecule has 22 rings (SSSR count). The number of ether oxygens (including phenoxy) is 15. The third-order valence-corrected chi connectivity index (χ3v) is 13.5. The van der Waals surface area contributed by atoms with Gasteiger partial charge in [0.1, 0.15) is 146 Å². The van der Waals surface area contributed by atoms with Gasteiger partial charge in [0.15, 0.2) is 37.7 Å². The predicted molar refractivity (Wildman–Crippen MR) is 215 cm³/mol. The van der Waals surface area contributed by atoms with Crippen LogP contribution in [0.5, 0.6) is 0 Å². The second-order valence-electron chi connectivity index (χ2n) is 17.7. The summed E-state index contributed by atoms with van der Waals surface area (Å²) in [7, 11) is 2.30. The Morgan fingerprint density at radius 3 is 0.743 bits per heavy atom. The lowest BCUT2D eigenvalue weighted by atomic mass is 9.94. The molecule has 22 heterocycles. The van der Waals surface area contributed by atoms with Crippen LogP contribution < -0.4 is 0 Å². The van der Waals surface area contributed by atoms with Gasteiger partial charge in [0.2, 0.25) is 0 Å². The fourth-order valence-electron chi connectivity index (χ4n) is 9.81. The Bertz CT molecular complexity index is 1580. The number of aliphatic hydroxyl groups excluding tert-OH is 15. The van der Waals surface area contributed by atoms with Crippen molar-refractivity contribution in [2.45, 2.75) is 191 Å². The normalized spacial score (nSPS) is 52.9. The molecule has 0 spiro atoms. The second-order valence-corrected chi connectivity index (χ2v) is 17.7. The van der Waals surface area contributed by atoms with Crippen LogP contribution in [0.15, 0.2) is 0 Å². The first-order chi connectivity index (χ1) is 33.5. The summed E-state index contributed by atoms with van der Waals surface area (Å²) in [5, 5.41) is 166. The first-order valence-corrected chi connectivity index (χ1v) is 22.8. The van der Waals surface area contributed by atoms with Crippen LogP contribution in [0.3, 0.4) is 0 Å². The average Bonchev–Trinajstić information content (AvgIpc) is 3.35. The van der Waals surface area contributed by atoms with E-state index in [1.54, 1.807) is 6.92 Å². The molecule has 30 atom stereocenters. The van der Waals surface area contributed by atoms with Crippen LogP contribution >= 0.6 is 0 Å². The molecule has 408 valence electrons. The molecule has 0 aromatic heterocycles. The van der Waals surface area contributed by atoms with Gasteiger partial charge in [-0.25, -0.2) is 0 Å². The Balaban J connectivity index is 1.23. The van der Waals surface area contributed by atoms with Gasteiger partial charge in [-0.15, -0.1) is 0 Å². The molecule has 0 aromatic rings. The van der Waals surface area contributed by atoms with Gasteiger partial charge < -0.3 is 148 Å². The number of hydrogen-bond donors (Lipinski definition) is 15. The van der Waals surface area contributed by atoms with Crippen molar-refractivity contribution >= 4 is 0 Å². The highest BCUT2D eigenvalue weighted by atomic mass is 16.8. The molecule has 0 aliphatic carbocycles. The predicted octanol–water partition coefficient (Wildman–Crippen LogP) is -10.7. The van der Waals surface area contributed by atoms with Crippen molar-refractivity contribution in [1.29, 1.82) is 0 Å². The Morgan fingerprint density at radius 1 is 0.286 bits per heavy atom. The molecule has 22 saturated heterocycles. The van der Waals surface area contributed by atoms with Crippen LogP contribution in [0.4, 0.5) is 0 Å². The molecule has 0 aromatic carbocycles. The maximum atomic E-state index is 11.8. The van der Waals surface area contributed by atoms with E-state index in [0.29, 0.717) is 0 Å². The van der Waals surface area contributed by atoms with Crippen molar-refractivity contribution in [2.24, 2.45) is 0 Å². The SMILES string of the molecule is CCO[C@@H]1[C@@H](O)[C@H]2O[C@@H]3[C@H](OC)[C@@H](O)[C@@H](O[C@H]4[C@H](O)[C@@H](O)[C@@H](O[C@H]5[C@H](O)[C@@H](O)[C@@H](O[C@H]6[C@H](O)[C@@H](O)[C@@H](O[C@@H]7[C@H](OC)[C@@H](O)[C@@H](O[C@H]1[C@@H](CO)O2)O[C@@H]7CO)O[C@@H]6CO)O[C@@H]5CO)O[C@@H]4CO)O[C@@H]3CO. The Kier molecular flexibility index (Phi) is 19.9. The summed E-state index contributed by atoms with van der Waals surface area (Å²) < 4.78 is 87.7. The highest BCUT2D eigenvalue weighted by Crippen LogP contribution is 2.39. The summed E-state index contributed by atoms with van der Waals surface area (Å²) in [6, 6.07) is 0. The van der Waals surface area contributed by atoms with E-state index in [4.69, 9.17) is 71.1 Å². The van der Waals surface area contributed by atoms with E-state index < -0.39 is 224 Å². The maximum Gasteiger partial charge on any atom is 0.187 e. The number of hydrogen-bond acceptors (Lipinski definition) is 30. The summed E-state index contributed by atoms with van der Waals surface area (Å²) in [6.45, 7) is -3.95. The summed E-state index contributed by atoms with van der Waals surface area (Å²) in [5.41, 5.74) is 0. The second kappa shape index (κ2) is 24.6. The third kappa shape index (κ3) is 11.0. The molecule has 22 fully saturated rings. The van der Waals surface area contributed by atoms with Crippen molar-refractivity contribution in [3.05, 3.63) is 0 Å². The molecule has 0 amide bonds. The van der Waals surface area contributed by atoms with Crippen LogP contribution in [0.25, 0.3) is 0 Å². The monoisotopic (exact) mass is 1030 g/mol. The average molecular weight is 1030 g/mol. The van der Waals surface area contributed by atoms with Gasteiger partial charge in [-0.05, 0) is 6.92 Å². The molecule has 0 radical (unpaired) electrons. The van der Waals surface area contributed by atoms with Gasteiger partial charge >= 0.3 is 0 Å². The maximum absolute atomic E-state index is 11.8. The van der Waals surface area contributed by atoms with Crippen LogP contribution in [0, 0.1) is 0 Å². The highest BCUT2D eigenvalue weighted by molar-refractivity contribution is 5.01. The zero-order chi connectivity index (χ0) is 50.9. The lowest BCUT2D eigenvalue weighted by Gasteiger charge is -2.51. The molecule has 15 N–H and O–H groups in total. The van der Waals surface area contributed by atoms with E-state index in [1.165, 1.54) is 0 Å².